The summed E-state index contributed by atoms with van der Waals surface area (Å²) in [4.78, 5) is 24.2. The Bertz CT molecular complexity index is 504. The molecule has 34 heavy (non-hydrogen) atoms. The van der Waals surface area contributed by atoms with E-state index in [1.165, 1.54) is 96.3 Å². The van der Waals surface area contributed by atoms with Gasteiger partial charge in [0.15, 0.2) is 0 Å². The highest BCUT2D eigenvalue weighted by Gasteiger charge is 2.32. The minimum absolute atomic E-state index is 0.0161. The van der Waals surface area contributed by atoms with Crippen LogP contribution in [0.4, 0.5) is 0 Å². The normalized spacial score (nSPS) is 19.1. The smallest absolute Gasteiger partial charge is 0.309 e. The Morgan fingerprint density at radius 2 is 1.09 bits per heavy atom. The van der Waals surface area contributed by atoms with E-state index in [2.05, 4.69) is 13.8 Å². The summed E-state index contributed by atoms with van der Waals surface area (Å²) in [7, 11) is 0. The van der Waals surface area contributed by atoms with Crippen molar-refractivity contribution in [1.82, 2.24) is 0 Å². The molecule has 0 radical (unpaired) electrons. The number of esters is 1. The summed E-state index contributed by atoms with van der Waals surface area (Å²) in [6.07, 6.45) is 26.7. The van der Waals surface area contributed by atoms with Gasteiger partial charge in [-0.1, -0.05) is 117 Å². The quantitative estimate of drug-likeness (QED) is 0.124. The Morgan fingerprint density at radius 1 is 0.676 bits per heavy atom. The number of hydrogen-bond donors (Lipinski definition) is 1. The molecular weight excluding hydrogens is 424 g/mol. The van der Waals surface area contributed by atoms with E-state index in [0.29, 0.717) is 12.8 Å². The summed E-state index contributed by atoms with van der Waals surface area (Å²) in [5, 5.41) is 9.35. The van der Waals surface area contributed by atoms with Crippen LogP contribution >= 0.6 is 0 Å². The van der Waals surface area contributed by atoms with Crippen LogP contribution in [-0.4, -0.2) is 23.1 Å². The Balaban J connectivity index is 2.34. The summed E-state index contributed by atoms with van der Waals surface area (Å²) in [5.41, 5.74) is 0. The van der Waals surface area contributed by atoms with Crippen LogP contribution in [0.1, 0.15) is 162 Å². The van der Waals surface area contributed by atoms with Crippen LogP contribution in [0.5, 0.6) is 0 Å². The second-order valence-corrected chi connectivity index (χ2v) is 10.8. The second-order valence-electron chi connectivity index (χ2n) is 10.8. The molecule has 0 saturated heterocycles. The van der Waals surface area contributed by atoms with Gasteiger partial charge >= 0.3 is 11.9 Å². The largest absolute Gasteiger partial charge is 0.481 e. The SMILES string of the molecule is CCCCCCCCCCCC(CCCCCCCCCC)OC(=O)C1CCCC(C(=O)O)C1. The lowest BCUT2D eigenvalue weighted by Gasteiger charge is -2.27. The Labute approximate surface area is 211 Å². The molecule has 0 heterocycles. The van der Waals surface area contributed by atoms with Gasteiger partial charge in [0.2, 0.25) is 0 Å². The Morgan fingerprint density at radius 3 is 1.53 bits per heavy atom. The molecule has 1 rings (SSSR count). The molecule has 1 aliphatic rings. The van der Waals surface area contributed by atoms with Crippen molar-refractivity contribution in [3.63, 3.8) is 0 Å². The van der Waals surface area contributed by atoms with Gasteiger partial charge in [0.1, 0.15) is 6.10 Å². The molecule has 1 saturated carbocycles. The van der Waals surface area contributed by atoms with E-state index >= 15 is 0 Å². The van der Waals surface area contributed by atoms with E-state index in [1.807, 2.05) is 0 Å². The standard InChI is InChI=1S/C30H56O4/c1-3-5-7-9-11-13-15-17-19-24-28(23-18-16-14-12-10-8-6-4-2)34-30(33)27-22-20-21-26(25-27)29(31)32/h26-28H,3-25H2,1-2H3,(H,31,32). The first-order chi connectivity index (χ1) is 16.6. The number of carbonyl (C=O) groups excluding carboxylic acids is 1. The first kappa shape index (κ1) is 31.0. The topological polar surface area (TPSA) is 63.6 Å². The predicted molar refractivity (Wildman–Crippen MR) is 142 cm³/mol. The molecule has 0 aromatic rings. The average molecular weight is 481 g/mol. The maximum Gasteiger partial charge on any atom is 0.309 e. The fraction of sp³-hybridized carbons (Fsp3) is 0.933. The third kappa shape index (κ3) is 15.8. The van der Waals surface area contributed by atoms with E-state index < -0.39 is 5.97 Å². The summed E-state index contributed by atoms with van der Waals surface area (Å²) >= 11 is 0. The Kier molecular flexibility index (Phi) is 19.3. The van der Waals surface area contributed by atoms with Gasteiger partial charge in [-0.2, -0.15) is 0 Å². The summed E-state index contributed by atoms with van der Waals surface area (Å²) < 4.78 is 6.02. The van der Waals surface area contributed by atoms with Gasteiger partial charge in [0.05, 0.1) is 11.8 Å². The van der Waals surface area contributed by atoms with Gasteiger partial charge in [-0.15, -0.1) is 0 Å². The van der Waals surface area contributed by atoms with Crippen LogP contribution in [0.3, 0.4) is 0 Å². The molecule has 0 bridgehead atoms. The van der Waals surface area contributed by atoms with Gasteiger partial charge in [-0.05, 0) is 44.9 Å². The zero-order chi connectivity index (χ0) is 24.9. The molecule has 0 spiro atoms. The van der Waals surface area contributed by atoms with Gasteiger partial charge < -0.3 is 9.84 Å². The van der Waals surface area contributed by atoms with Gasteiger partial charge in [0, 0.05) is 0 Å². The predicted octanol–water partition coefficient (Wildman–Crippen LogP) is 9.24. The summed E-state index contributed by atoms with van der Waals surface area (Å²) in [6.45, 7) is 4.51. The fourth-order valence-corrected chi connectivity index (χ4v) is 5.34. The van der Waals surface area contributed by atoms with Crippen molar-refractivity contribution < 1.29 is 19.4 Å². The highest BCUT2D eigenvalue weighted by molar-refractivity contribution is 5.75. The fourth-order valence-electron chi connectivity index (χ4n) is 5.34. The van der Waals surface area contributed by atoms with E-state index in [1.54, 1.807) is 0 Å². The lowest BCUT2D eigenvalue weighted by atomic mass is 9.81. The van der Waals surface area contributed by atoms with E-state index in [0.717, 1.165) is 38.5 Å². The maximum absolute atomic E-state index is 12.9. The molecule has 3 unspecified atom stereocenters. The summed E-state index contributed by atoms with van der Waals surface area (Å²) in [5.74, 6) is -1.50. The number of carboxylic acids is 1. The van der Waals surface area contributed by atoms with Crippen LogP contribution < -0.4 is 0 Å². The summed E-state index contributed by atoms with van der Waals surface area (Å²) in [6, 6.07) is 0. The molecular formula is C30H56O4. The van der Waals surface area contributed by atoms with Crippen LogP contribution in [0.25, 0.3) is 0 Å². The Hall–Kier alpha value is -1.06. The molecule has 0 aromatic carbocycles. The number of ether oxygens (including phenoxy) is 1. The zero-order valence-corrected chi connectivity index (χ0v) is 22.7. The van der Waals surface area contributed by atoms with Crippen LogP contribution in [-0.2, 0) is 14.3 Å². The van der Waals surface area contributed by atoms with Gasteiger partial charge in [-0.3, -0.25) is 9.59 Å². The zero-order valence-electron chi connectivity index (χ0n) is 22.7. The van der Waals surface area contributed by atoms with Gasteiger partial charge in [-0.25, -0.2) is 0 Å². The third-order valence-corrected chi connectivity index (χ3v) is 7.65. The van der Waals surface area contributed by atoms with Crippen molar-refractivity contribution in [1.29, 1.82) is 0 Å². The first-order valence-electron chi connectivity index (χ1n) is 15.0. The molecule has 1 fully saturated rings. The number of rotatable bonds is 22. The lowest BCUT2D eigenvalue weighted by Crippen LogP contribution is -2.31. The highest BCUT2D eigenvalue weighted by atomic mass is 16.5. The maximum atomic E-state index is 12.9. The number of carboxylic acid groups (broad SMARTS) is 1. The monoisotopic (exact) mass is 480 g/mol. The molecule has 1 N–H and O–H groups in total. The first-order valence-corrected chi connectivity index (χ1v) is 15.0. The molecule has 1 aliphatic carbocycles. The van der Waals surface area contributed by atoms with E-state index in [-0.39, 0.29) is 23.9 Å². The molecule has 200 valence electrons. The van der Waals surface area contributed by atoms with Crippen molar-refractivity contribution in [3.05, 3.63) is 0 Å². The molecule has 0 amide bonds. The van der Waals surface area contributed by atoms with Crippen molar-refractivity contribution in [2.45, 2.75) is 168 Å². The molecule has 0 aromatic heterocycles. The third-order valence-electron chi connectivity index (χ3n) is 7.65. The minimum Gasteiger partial charge on any atom is -0.481 e. The molecule has 4 nitrogen and oxygen atoms in total. The van der Waals surface area contributed by atoms with Crippen LogP contribution in [0, 0.1) is 11.8 Å². The van der Waals surface area contributed by atoms with E-state index in [4.69, 9.17) is 4.74 Å². The van der Waals surface area contributed by atoms with Crippen LogP contribution in [0.15, 0.2) is 0 Å². The van der Waals surface area contributed by atoms with Crippen LogP contribution in [0.2, 0.25) is 0 Å². The lowest BCUT2D eigenvalue weighted by molar-refractivity contribution is -0.158. The van der Waals surface area contributed by atoms with Gasteiger partial charge in [0.25, 0.3) is 0 Å². The molecule has 0 aliphatic heterocycles. The number of unbranched alkanes of at least 4 members (excludes halogenated alkanes) is 15. The molecule has 3 atom stereocenters. The minimum atomic E-state index is -0.761. The number of hydrogen-bond acceptors (Lipinski definition) is 3. The number of carbonyl (C=O) groups is 2. The average Bonchev–Trinajstić information content (AvgIpc) is 2.84. The van der Waals surface area contributed by atoms with Crippen molar-refractivity contribution >= 4 is 11.9 Å². The van der Waals surface area contributed by atoms with Crippen molar-refractivity contribution in [3.8, 4) is 0 Å². The highest BCUT2D eigenvalue weighted by Crippen LogP contribution is 2.31. The van der Waals surface area contributed by atoms with Crippen molar-refractivity contribution in [2.24, 2.45) is 11.8 Å². The molecule has 4 heteroatoms. The number of aliphatic carboxylic acids is 1. The second kappa shape index (κ2) is 21.2. The van der Waals surface area contributed by atoms with Crippen molar-refractivity contribution in [2.75, 3.05) is 0 Å². The van der Waals surface area contributed by atoms with E-state index in [9.17, 15) is 14.7 Å².